The third-order valence-electron chi connectivity index (χ3n) is 4.05. The fourth-order valence-electron chi connectivity index (χ4n) is 2.69. The van der Waals surface area contributed by atoms with Crippen molar-refractivity contribution in [3.63, 3.8) is 0 Å². The van der Waals surface area contributed by atoms with Crippen molar-refractivity contribution in [1.82, 2.24) is 9.80 Å². The average Bonchev–Trinajstić information content (AvgIpc) is 2.91. The topological polar surface area (TPSA) is 74.0 Å². The summed E-state index contributed by atoms with van der Waals surface area (Å²) >= 11 is 0. The third kappa shape index (κ3) is 3.85. The molecule has 0 saturated carbocycles. The summed E-state index contributed by atoms with van der Waals surface area (Å²) in [6, 6.07) is 3.61. The van der Waals surface area contributed by atoms with Gasteiger partial charge < -0.3 is 14.4 Å². The molecule has 1 aliphatic rings. The first-order valence-corrected chi connectivity index (χ1v) is 7.13. The number of carboxylic acid groups (broad SMARTS) is 1. The Bertz CT molecular complexity index is 500. The number of aliphatic carboxylic acids is 1. The summed E-state index contributed by atoms with van der Waals surface area (Å²) in [6.45, 7) is 3.61. The number of carbonyl (C=O) groups is 2. The highest BCUT2D eigenvalue weighted by Crippen LogP contribution is 2.29. The summed E-state index contributed by atoms with van der Waals surface area (Å²) in [6.07, 6.45) is 3.05. The van der Waals surface area contributed by atoms with E-state index in [4.69, 9.17) is 4.42 Å². The predicted molar refractivity (Wildman–Crippen MR) is 76.6 cm³/mol. The van der Waals surface area contributed by atoms with Gasteiger partial charge in [-0.1, -0.05) is 0 Å². The number of rotatable bonds is 5. The molecule has 2 heterocycles. The maximum absolute atomic E-state index is 12.2. The highest BCUT2D eigenvalue weighted by Gasteiger charge is 2.38. The van der Waals surface area contributed by atoms with E-state index >= 15 is 0 Å². The minimum absolute atomic E-state index is 0.0268. The summed E-state index contributed by atoms with van der Waals surface area (Å²) in [5.74, 6) is -0.0792. The summed E-state index contributed by atoms with van der Waals surface area (Å²) in [7, 11) is 1.73. The molecule has 0 radical (unpaired) electrons. The standard InChI is InChI=1S/C15H22N2O4/c1-15(14(19)20)6-4-7-17(11-15)10-13(18)16(2)9-12-5-3-8-21-12/h3,5,8H,4,6-7,9-11H2,1-2H3,(H,19,20). The van der Waals surface area contributed by atoms with Crippen LogP contribution >= 0.6 is 0 Å². The lowest BCUT2D eigenvalue weighted by Gasteiger charge is -2.37. The van der Waals surface area contributed by atoms with Crippen LogP contribution in [0.4, 0.5) is 0 Å². The lowest BCUT2D eigenvalue weighted by Crippen LogP contribution is -2.49. The third-order valence-corrected chi connectivity index (χ3v) is 4.05. The number of carboxylic acids is 1. The van der Waals surface area contributed by atoms with Crippen LogP contribution in [-0.4, -0.2) is 53.5 Å². The monoisotopic (exact) mass is 294 g/mol. The lowest BCUT2D eigenvalue weighted by atomic mass is 9.82. The van der Waals surface area contributed by atoms with E-state index in [1.54, 1.807) is 31.2 Å². The number of likely N-dealkylation sites (N-methyl/N-ethyl adjacent to an activating group) is 1. The Morgan fingerprint density at radius 2 is 2.29 bits per heavy atom. The molecule has 21 heavy (non-hydrogen) atoms. The second-order valence-electron chi connectivity index (χ2n) is 6.01. The second-order valence-corrected chi connectivity index (χ2v) is 6.01. The first kappa shape index (κ1) is 15.6. The molecule has 0 aliphatic carbocycles. The molecule has 1 atom stereocenters. The van der Waals surface area contributed by atoms with Crippen LogP contribution in [0.5, 0.6) is 0 Å². The highest BCUT2D eigenvalue weighted by molar-refractivity contribution is 5.78. The first-order valence-electron chi connectivity index (χ1n) is 7.13. The molecule has 0 bridgehead atoms. The molecular weight excluding hydrogens is 272 g/mol. The Labute approximate surface area is 124 Å². The second kappa shape index (κ2) is 6.30. The fourth-order valence-corrected chi connectivity index (χ4v) is 2.69. The molecule has 1 aliphatic heterocycles. The summed E-state index contributed by atoms with van der Waals surface area (Å²) < 4.78 is 5.22. The molecule has 0 spiro atoms. The normalized spacial score (nSPS) is 23.0. The molecule has 2 rings (SSSR count). The van der Waals surface area contributed by atoms with Crippen LogP contribution in [0.3, 0.4) is 0 Å². The predicted octanol–water partition coefficient (Wildman–Crippen LogP) is 1.42. The van der Waals surface area contributed by atoms with Gasteiger partial charge in [0.25, 0.3) is 0 Å². The van der Waals surface area contributed by atoms with E-state index in [0.29, 0.717) is 19.5 Å². The number of hydrogen-bond donors (Lipinski definition) is 1. The molecule has 1 unspecified atom stereocenters. The van der Waals surface area contributed by atoms with Crippen molar-refractivity contribution < 1.29 is 19.1 Å². The molecule has 1 aromatic rings. The number of hydrogen-bond acceptors (Lipinski definition) is 4. The minimum Gasteiger partial charge on any atom is -0.481 e. The minimum atomic E-state index is -0.788. The van der Waals surface area contributed by atoms with Crippen LogP contribution in [0.25, 0.3) is 0 Å². The molecule has 1 fully saturated rings. The van der Waals surface area contributed by atoms with Crippen molar-refractivity contribution in [2.24, 2.45) is 5.41 Å². The number of furan rings is 1. The van der Waals surface area contributed by atoms with Crippen LogP contribution in [0, 0.1) is 5.41 Å². The SMILES string of the molecule is CN(Cc1ccco1)C(=O)CN1CCCC(C)(C(=O)O)C1. The molecule has 6 nitrogen and oxygen atoms in total. The average molecular weight is 294 g/mol. The molecule has 0 aromatic carbocycles. The van der Waals surface area contributed by atoms with Crippen LogP contribution in [0.15, 0.2) is 22.8 Å². The first-order chi connectivity index (χ1) is 9.90. The van der Waals surface area contributed by atoms with Crippen LogP contribution in [0.2, 0.25) is 0 Å². The lowest BCUT2D eigenvalue weighted by molar-refractivity contribution is -0.152. The van der Waals surface area contributed by atoms with Gasteiger partial charge in [-0.05, 0) is 38.4 Å². The van der Waals surface area contributed by atoms with Gasteiger partial charge in [0.1, 0.15) is 5.76 Å². The Balaban J connectivity index is 1.88. The van der Waals surface area contributed by atoms with Crippen molar-refractivity contribution in [3.8, 4) is 0 Å². The van der Waals surface area contributed by atoms with E-state index in [0.717, 1.165) is 18.7 Å². The Morgan fingerprint density at radius 1 is 1.52 bits per heavy atom. The molecule has 1 aromatic heterocycles. The Morgan fingerprint density at radius 3 is 2.90 bits per heavy atom. The number of likely N-dealkylation sites (tertiary alicyclic amines) is 1. The van der Waals surface area contributed by atoms with Crippen molar-refractivity contribution in [1.29, 1.82) is 0 Å². The van der Waals surface area contributed by atoms with Crippen LogP contribution in [0.1, 0.15) is 25.5 Å². The smallest absolute Gasteiger partial charge is 0.310 e. The van der Waals surface area contributed by atoms with Gasteiger partial charge in [0, 0.05) is 13.6 Å². The Hall–Kier alpha value is -1.82. The van der Waals surface area contributed by atoms with E-state index in [1.807, 2.05) is 11.0 Å². The maximum Gasteiger partial charge on any atom is 0.310 e. The van der Waals surface area contributed by atoms with Gasteiger partial charge in [0.15, 0.2) is 0 Å². The van der Waals surface area contributed by atoms with Gasteiger partial charge in [-0.25, -0.2) is 0 Å². The van der Waals surface area contributed by atoms with E-state index in [-0.39, 0.29) is 12.5 Å². The van der Waals surface area contributed by atoms with Crippen molar-refractivity contribution in [2.75, 3.05) is 26.7 Å². The number of carbonyl (C=O) groups excluding carboxylic acids is 1. The molecule has 116 valence electrons. The molecule has 6 heteroatoms. The van der Waals surface area contributed by atoms with Crippen molar-refractivity contribution in [2.45, 2.75) is 26.3 Å². The van der Waals surface area contributed by atoms with E-state index in [9.17, 15) is 14.7 Å². The molecule has 1 saturated heterocycles. The molecular formula is C15H22N2O4. The number of piperidine rings is 1. The highest BCUT2D eigenvalue weighted by atomic mass is 16.4. The summed E-state index contributed by atoms with van der Waals surface area (Å²) in [5, 5.41) is 9.30. The fraction of sp³-hybridized carbons (Fsp3) is 0.600. The summed E-state index contributed by atoms with van der Waals surface area (Å²) in [4.78, 5) is 27.1. The number of amides is 1. The van der Waals surface area contributed by atoms with Crippen molar-refractivity contribution in [3.05, 3.63) is 24.2 Å². The number of nitrogens with zero attached hydrogens (tertiary/aromatic N) is 2. The van der Waals surface area contributed by atoms with Gasteiger partial charge in [-0.2, -0.15) is 0 Å². The van der Waals surface area contributed by atoms with E-state index in [2.05, 4.69) is 0 Å². The zero-order valence-electron chi connectivity index (χ0n) is 12.5. The van der Waals surface area contributed by atoms with Gasteiger partial charge in [0.05, 0.1) is 24.8 Å². The van der Waals surface area contributed by atoms with Gasteiger partial charge >= 0.3 is 5.97 Å². The maximum atomic E-state index is 12.2. The molecule has 1 N–H and O–H groups in total. The molecule has 1 amide bonds. The Kier molecular flexibility index (Phi) is 4.67. The van der Waals surface area contributed by atoms with Crippen molar-refractivity contribution >= 4 is 11.9 Å². The zero-order chi connectivity index (χ0) is 15.5. The van der Waals surface area contributed by atoms with E-state index in [1.165, 1.54) is 0 Å². The van der Waals surface area contributed by atoms with Crippen LogP contribution in [-0.2, 0) is 16.1 Å². The van der Waals surface area contributed by atoms with E-state index < -0.39 is 11.4 Å². The zero-order valence-corrected chi connectivity index (χ0v) is 12.5. The van der Waals surface area contributed by atoms with Crippen LogP contribution < -0.4 is 0 Å². The largest absolute Gasteiger partial charge is 0.481 e. The quantitative estimate of drug-likeness (QED) is 0.889. The van der Waals surface area contributed by atoms with Gasteiger partial charge in [-0.15, -0.1) is 0 Å². The summed E-state index contributed by atoms with van der Waals surface area (Å²) in [5.41, 5.74) is -0.752. The van der Waals surface area contributed by atoms with Gasteiger partial charge in [-0.3, -0.25) is 14.5 Å². The van der Waals surface area contributed by atoms with Gasteiger partial charge in [0.2, 0.25) is 5.91 Å².